The van der Waals surface area contributed by atoms with Crippen LogP contribution in [0.15, 0.2) is 23.1 Å². The zero-order valence-corrected chi connectivity index (χ0v) is 19.9. The minimum absolute atomic E-state index is 0.00872. The average Bonchev–Trinajstić information content (AvgIpc) is 3.20. The van der Waals surface area contributed by atoms with Gasteiger partial charge in [-0.2, -0.15) is 0 Å². The number of thioether (sulfide) groups is 1. The van der Waals surface area contributed by atoms with Gasteiger partial charge in [-0.1, -0.05) is 33.8 Å². The van der Waals surface area contributed by atoms with Crippen molar-refractivity contribution in [1.82, 2.24) is 5.32 Å². The third-order valence-corrected chi connectivity index (χ3v) is 6.51. The van der Waals surface area contributed by atoms with E-state index in [1.807, 2.05) is 19.9 Å². The summed E-state index contributed by atoms with van der Waals surface area (Å²) in [6.07, 6.45) is 1.93. The smallest absolute Gasteiger partial charge is 0.290 e. The van der Waals surface area contributed by atoms with E-state index in [0.717, 1.165) is 23.6 Å². The zero-order valence-electron chi connectivity index (χ0n) is 19.1. The van der Waals surface area contributed by atoms with Crippen LogP contribution in [-0.2, 0) is 16.6 Å². The Morgan fingerprint density at radius 2 is 1.97 bits per heavy atom. The number of nitrogens with one attached hydrogen (secondary N) is 1. The summed E-state index contributed by atoms with van der Waals surface area (Å²) < 4.78 is 42.3. The van der Waals surface area contributed by atoms with Gasteiger partial charge in [-0.25, -0.2) is 8.78 Å². The first kappa shape index (κ1) is 23.3. The Labute approximate surface area is 195 Å². The highest BCUT2D eigenvalue weighted by molar-refractivity contribution is 8.18. The van der Waals surface area contributed by atoms with E-state index >= 15 is 8.78 Å². The van der Waals surface area contributed by atoms with Gasteiger partial charge in [0.2, 0.25) is 0 Å². The fraction of sp³-hybridized carbons (Fsp3) is 0.360. The number of benzene rings is 2. The zero-order chi connectivity index (χ0) is 24.1. The molecule has 2 aromatic rings. The SMILES string of the molecule is COc1c(F)cc(C=C2SC(=O)NC2=O)c(F)c1-c1cc(CC(C)C)cc2c1OCC2(C)C. The molecule has 33 heavy (non-hydrogen) atoms. The summed E-state index contributed by atoms with van der Waals surface area (Å²) in [5.41, 5.74) is 1.80. The van der Waals surface area contributed by atoms with E-state index < -0.39 is 22.8 Å². The maximum absolute atomic E-state index is 15.9. The molecule has 2 amide bonds. The minimum Gasteiger partial charge on any atom is -0.493 e. The van der Waals surface area contributed by atoms with E-state index in [-0.39, 0.29) is 27.2 Å². The molecule has 1 fully saturated rings. The fourth-order valence-corrected chi connectivity index (χ4v) is 4.86. The Bertz CT molecular complexity index is 1200. The number of fused-ring (bicyclic) bond motifs is 1. The van der Waals surface area contributed by atoms with Crippen molar-refractivity contribution >= 4 is 29.0 Å². The van der Waals surface area contributed by atoms with Crippen molar-refractivity contribution in [2.24, 2.45) is 5.92 Å². The van der Waals surface area contributed by atoms with Crippen LogP contribution in [0.2, 0.25) is 0 Å². The number of hydrogen-bond acceptors (Lipinski definition) is 5. The first-order valence-electron chi connectivity index (χ1n) is 10.6. The van der Waals surface area contributed by atoms with Crippen LogP contribution in [0.3, 0.4) is 0 Å². The molecule has 1 N–H and O–H groups in total. The highest BCUT2D eigenvalue weighted by Gasteiger charge is 2.36. The number of amides is 2. The third kappa shape index (κ3) is 4.24. The lowest BCUT2D eigenvalue weighted by Crippen LogP contribution is -2.18. The molecule has 0 aromatic heterocycles. The lowest BCUT2D eigenvalue weighted by atomic mass is 9.83. The highest BCUT2D eigenvalue weighted by atomic mass is 32.2. The molecular weight excluding hydrogens is 448 g/mol. The van der Waals surface area contributed by atoms with Gasteiger partial charge in [0.05, 0.1) is 24.2 Å². The van der Waals surface area contributed by atoms with E-state index in [4.69, 9.17) is 9.47 Å². The fourth-order valence-electron chi connectivity index (χ4n) is 4.19. The van der Waals surface area contributed by atoms with E-state index in [9.17, 15) is 9.59 Å². The topological polar surface area (TPSA) is 64.6 Å². The molecule has 0 bridgehead atoms. The van der Waals surface area contributed by atoms with Crippen LogP contribution in [-0.4, -0.2) is 24.9 Å². The molecule has 0 unspecified atom stereocenters. The predicted molar refractivity (Wildman–Crippen MR) is 125 cm³/mol. The van der Waals surface area contributed by atoms with Crippen LogP contribution in [0, 0.1) is 17.6 Å². The Hall–Kier alpha value is -2.87. The molecule has 2 aliphatic heterocycles. The van der Waals surface area contributed by atoms with Gasteiger partial charge in [-0.05, 0) is 47.9 Å². The third-order valence-electron chi connectivity index (χ3n) is 5.70. The largest absolute Gasteiger partial charge is 0.493 e. The van der Waals surface area contributed by atoms with Crippen molar-refractivity contribution in [3.8, 4) is 22.6 Å². The summed E-state index contributed by atoms with van der Waals surface area (Å²) in [7, 11) is 1.28. The van der Waals surface area contributed by atoms with Crippen molar-refractivity contribution in [3.05, 3.63) is 51.4 Å². The molecule has 8 heteroatoms. The van der Waals surface area contributed by atoms with E-state index in [1.54, 1.807) is 0 Å². The lowest BCUT2D eigenvalue weighted by Gasteiger charge is -2.20. The summed E-state index contributed by atoms with van der Waals surface area (Å²) in [4.78, 5) is 23.4. The number of imide groups is 1. The Balaban J connectivity index is 1.98. The second-order valence-corrected chi connectivity index (χ2v) is 10.3. The van der Waals surface area contributed by atoms with Gasteiger partial charge < -0.3 is 9.47 Å². The standard InChI is InChI=1S/C25H25F2NO4S/c1-12(2)6-13-7-15(21-16(8-13)25(3,4)11-32-21)19-20(27)14(9-17(26)22(19)31-5)10-18-23(29)28-24(30)33-18/h7-10,12H,6,11H2,1-5H3,(H,28,29,30). The number of rotatable bonds is 5. The molecule has 0 saturated carbocycles. The number of carbonyl (C=O) groups is 2. The molecule has 2 heterocycles. The summed E-state index contributed by atoms with van der Waals surface area (Å²) in [5.74, 6) is -1.58. The molecular formula is C25H25F2NO4S. The van der Waals surface area contributed by atoms with Crippen LogP contribution in [0.1, 0.15) is 44.4 Å². The number of ether oxygens (including phenoxy) is 2. The molecule has 2 aliphatic rings. The number of methoxy groups -OCH3 is 1. The molecule has 5 nitrogen and oxygen atoms in total. The predicted octanol–water partition coefficient (Wildman–Crippen LogP) is 5.83. The maximum Gasteiger partial charge on any atom is 0.290 e. The van der Waals surface area contributed by atoms with E-state index in [1.165, 1.54) is 13.2 Å². The van der Waals surface area contributed by atoms with Crippen LogP contribution in [0.25, 0.3) is 17.2 Å². The molecule has 0 aliphatic carbocycles. The van der Waals surface area contributed by atoms with Gasteiger partial charge in [0.25, 0.3) is 11.1 Å². The second kappa shape index (κ2) is 8.48. The normalized spacial score (nSPS) is 18.0. The average molecular weight is 474 g/mol. The second-order valence-electron chi connectivity index (χ2n) is 9.31. The molecule has 1 saturated heterocycles. The van der Waals surface area contributed by atoms with Gasteiger partial charge in [0.15, 0.2) is 11.6 Å². The van der Waals surface area contributed by atoms with Crippen LogP contribution >= 0.6 is 11.8 Å². The van der Waals surface area contributed by atoms with Crippen molar-refractivity contribution in [3.63, 3.8) is 0 Å². The Kier molecular flexibility index (Phi) is 5.99. The van der Waals surface area contributed by atoms with Crippen LogP contribution < -0.4 is 14.8 Å². The summed E-state index contributed by atoms with van der Waals surface area (Å²) in [5, 5.41) is 1.56. The molecule has 0 atom stereocenters. The van der Waals surface area contributed by atoms with Gasteiger partial charge in [0, 0.05) is 22.1 Å². The first-order chi connectivity index (χ1) is 15.5. The van der Waals surface area contributed by atoms with E-state index in [0.29, 0.717) is 35.6 Å². The quantitative estimate of drug-likeness (QED) is 0.554. The number of carbonyl (C=O) groups excluding carboxylic acids is 2. The monoisotopic (exact) mass is 473 g/mol. The Morgan fingerprint density at radius 1 is 1.24 bits per heavy atom. The molecule has 2 aromatic carbocycles. The van der Waals surface area contributed by atoms with Crippen molar-refractivity contribution in [2.75, 3.05) is 13.7 Å². The molecule has 0 spiro atoms. The molecule has 0 radical (unpaired) electrons. The van der Waals surface area contributed by atoms with Crippen LogP contribution in [0.5, 0.6) is 11.5 Å². The van der Waals surface area contributed by atoms with Gasteiger partial charge in [-0.3, -0.25) is 14.9 Å². The summed E-state index contributed by atoms with van der Waals surface area (Å²) in [6.45, 7) is 8.69. The molecule has 4 rings (SSSR count). The molecule has 174 valence electrons. The first-order valence-corrected chi connectivity index (χ1v) is 11.4. The van der Waals surface area contributed by atoms with Crippen molar-refractivity contribution in [2.45, 2.75) is 39.5 Å². The highest BCUT2D eigenvalue weighted by Crippen LogP contribution is 2.49. The lowest BCUT2D eigenvalue weighted by molar-refractivity contribution is -0.115. The minimum atomic E-state index is -0.782. The van der Waals surface area contributed by atoms with Crippen molar-refractivity contribution in [1.29, 1.82) is 0 Å². The van der Waals surface area contributed by atoms with Gasteiger partial charge >= 0.3 is 0 Å². The Morgan fingerprint density at radius 3 is 2.58 bits per heavy atom. The summed E-state index contributed by atoms with van der Waals surface area (Å²) in [6, 6.07) is 4.85. The number of hydrogen-bond donors (Lipinski definition) is 1. The van der Waals surface area contributed by atoms with Gasteiger partial charge in [-0.15, -0.1) is 0 Å². The van der Waals surface area contributed by atoms with Crippen LogP contribution in [0.4, 0.5) is 13.6 Å². The van der Waals surface area contributed by atoms with Gasteiger partial charge in [0.1, 0.15) is 11.6 Å². The summed E-state index contributed by atoms with van der Waals surface area (Å²) >= 11 is 0.640. The van der Waals surface area contributed by atoms with Crippen molar-refractivity contribution < 1.29 is 27.8 Å². The van der Waals surface area contributed by atoms with E-state index in [2.05, 4.69) is 25.2 Å². The number of halogens is 2. The maximum atomic E-state index is 15.9.